The van der Waals surface area contributed by atoms with E-state index in [0.717, 1.165) is 16.8 Å². The van der Waals surface area contributed by atoms with Crippen molar-refractivity contribution in [2.45, 2.75) is 33.4 Å². The van der Waals surface area contributed by atoms with Gasteiger partial charge in [-0.15, -0.1) is 0 Å². The number of rotatable bonds is 8. The van der Waals surface area contributed by atoms with Crippen molar-refractivity contribution in [2.75, 3.05) is 17.2 Å². The first-order chi connectivity index (χ1) is 16.4. The fraction of sp³-hybridized carbons (Fsp3) is 0.231. The third-order valence-corrected chi connectivity index (χ3v) is 5.22. The number of hydrogen-bond donors (Lipinski definition) is 3. The molecule has 0 fully saturated rings. The highest BCUT2D eigenvalue weighted by Crippen LogP contribution is 2.27. The van der Waals surface area contributed by atoms with Crippen LogP contribution in [-0.4, -0.2) is 33.5 Å². The van der Waals surface area contributed by atoms with Gasteiger partial charge in [-0.25, -0.2) is 9.97 Å². The van der Waals surface area contributed by atoms with E-state index in [1.807, 2.05) is 43.3 Å². The second-order valence-electron chi connectivity index (χ2n) is 8.04. The van der Waals surface area contributed by atoms with Crippen molar-refractivity contribution >= 4 is 28.6 Å². The molecular weight excluding hydrogens is 428 g/mol. The molecule has 0 saturated heterocycles. The van der Waals surface area contributed by atoms with Gasteiger partial charge in [0.2, 0.25) is 17.7 Å². The molecule has 0 bridgehead atoms. The Morgan fingerprint density at radius 3 is 2.41 bits per heavy atom. The van der Waals surface area contributed by atoms with Gasteiger partial charge in [0.1, 0.15) is 0 Å². The van der Waals surface area contributed by atoms with Gasteiger partial charge in [-0.2, -0.15) is 4.98 Å². The summed E-state index contributed by atoms with van der Waals surface area (Å²) >= 11 is 0. The summed E-state index contributed by atoms with van der Waals surface area (Å²) in [5.41, 5.74) is 11.6. The summed E-state index contributed by atoms with van der Waals surface area (Å²) < 4.78 is 5.79. The van der Waals surface area contributed by atoms with E-state index in [9.17, 15) is 4.79 Å². The Morgan fingerprint density at radius 2 is 1.74 bits per heavy atom. The maximum absolute atomic E-state index is 11.8. The van der Waals surface area contributed by atoms with E-state index in [0.29, 0.717) is 41.7 Å². The fourth-order valence-corrected chi connectivity index (χ4v) is 3.33. The zero-order valence-electron chi connectivity index (χ0n) is 19.5. The number of carbonyl (C=O) groups excluding carboxylic acids is 1. The first-order valence-electron chi connectivity index (χ1n) is 11.2. The van der Waals surface area contributed by atoms with Crippen molar-refractivity contribution in [2.24, 2.45) is 5.73 Å². The van der Waals surface area contributed by atoms with Crippen molar-refractivity contribution in [3.05, 3.63) is 71.8 Å². The summed E-state index contributed by atoms with van der Waals surface area (Å²) in [6, 6.07) is 19.0. The number of carbonyl (C=O) groups is 1. The van der Waals surface area contributed by atoms with Crippen LogP contribution in [0.3, 0.4) is 0 Å². The summed E-state index contributed by atoms with van der Waals surface area (Å²) in [7, 11) is 0. The average molecular weight is 457 g/mol. The molecule has 0 spiro atoms. The second kappa shape index (κ2) is 10.3. The van der Waals surface area contributed by atoms with Gasteiger partial charge < -0.3 is 21.1 Å². The van der Waals surface area contributed by atoms with E-state index in [1.54, 1.807) is 6.92 Å². The lowest BCUT2D eigenvalue weighted by Gasteiger charge is -2.12. The number of aromatic nitrogens is 3. The molecule has 2 aromatic heterocycles. The molecule has 2 heterocycles. The molecule has 8 heteroatoms. The van der Waals surface area contributed by atoms with Gasteiger partial charge in [0.25, 0.3) is 0 Å². The summed E-state index contributed by atoms with van der Waals surface area (Å²) in [6.07, 6.45) is 0. The third kappa shape index (κ3) is 5.47. The Labute approximate surface area is 198 Å². The molecule has 0 saturated carbocycles. The molecule has 0 aliphatic heterocycles. The lowest BCUT2D eigenvalue weighted by Crippen LogP contribution is -2.32. The molecule has 4 aromatic rings. The number of ether oxygens (including phenoxy) is 1. The maximum Gasteiger partial charge on any atom is 0.245 e. The minimum atomic E-state index is -0.574. The van der Waals surface area contributed by atoms with E-state index >= 15 is 0 Å². The quantitative estimate of drug-likeness (QED) is 0.362. The minimum Gasteiger partial charge on any atom is -0.476 e. The lowest BCUT2D eigenvalue weighted by molar-refractivity contribution is -0.117. The van der Waals surface area contributed by atoms with Crippen LogP contribution in [0, 0.1) is 6.92 Å². The number of fused-ring (bicyclic) bond motifs is 1. The number of anilines is 2. The van der Waals surface area contributed by atoms with Crippen LogP contribution >= 0.6 is 0 Å². The number of nitrogens with zero attached hydrogens (tertiary/aromatic N) is 3. The Bertz CT molecular complexity index is 1290. The van der Waals surface area contributed by atoms with Crippen molar-refractivity contribution in [3.8, 4) is 17.1 Å². The second-order valence-corrected chi connectivity index (χ2v) is 8.04. The highest BCUT2D eigenvalue weighted by atomic mass is 16.5. The number of pyridine rings is 1. The Kier molecular flexibility index (Phi) is 6.98. The summed E-state index contributed by atoms with van der Waals surface area (Å²) in [6.45, 7) is 6.68. The number of nitrogens with one attached hydrogen (secondary N) is 2. The van der Waals surface area contributed by atoms with Crippen molar-refractivity contribution in [1.82, 2.24) is 15.0 Å². The van der Waals surface area contributed by atoms with Crippen molar-refractivity contribution in [1.29, 1.82) is 0 Å². The van der Waals surface area contributed by atoms with Crippen LogP contribution in [0.5, 0.6) is 5.88 Å². The normalized spacial score (nSPS) is 11.8. The van der Waals surface area contributed by atoms with E-state index in [4.69, 9.17) is 15.5 Å². The zero-order valence-corrected chi connectivity index (χ0v) is 19.5. The molecule has 0 radical (unpaired) electrons. The molecule has 4 N–H and O–H groups in total. The first-order valence-corrected chi connectivity index (χ1v) is 11.2. The van der Waals surface area contributed by atoms with E-state index in [2.05, 4.69) is 51.8 Å². The predicted molar refractivity (Wildman–Crippen MR) is 135 cm³/mol. The smallest absolute Gasteiger partial charge is 0.245 e. The van der Waals surface area contributed by atoms with Gasteiger partial charge in [0, 0.05) is 17.8 Å². The molecule has 1 amide bonds. The standard InChI is InChI=1S/C26H28N6O2/c1-4-34-25-23-22(31-26(32-25)28-15-18-7-5-16(2)6-8-18)14-13-21(30-23)19-9-11-20(12-10-19)29-24(33)17(3)27/h5-14,17H,4,15,27H2,1-3H3,(H,29,33)(H,28,31,32)/t17-/m0/s1. The summed E-state index contributed by atoms with van der Waals surface area (Å²) in [4.78, 5) is 25.7. The van der Waals surface area contributed by atoms with Crippen LogP contribution in [0.2, 0.25) is 0 Å². The van der Waals surface area contributed by atoms with Gasteiger partial charge in [-0.1, -0.05) is 42.0 Å². The zero-order chi connectivity index (χ0) is 24.1. The molecule has 4 rings (SSSR count). The number of aryl methyl sites for hydroxylation is 1. The number of nitrogens with two attached hydrogens (primary N) is 1. The number of hydrogen-bond acceptors (Lipinski definition) is 7. The van der Waals surface area contributed by atoms with Gasteiger partial charge in [0.05, 0.1) is 23.9 Å². The molecule has 0 unspecified atom stereocenters. The third-order valence-electron chi connectivity index (χ3n) is 5.22. The summed E-state index contributed by atoms with van der Waals surface area (Å²) in [5.74, 6) is 0.684. The van der Waals surface area contributed by atoms with Crippen LogP contribution in [0.1, 0.15) is 25.0 Å². The van der Waals surface area contributed by atoms with E-state index in [1.165, 1.54) is 5.56 Å². The van der Waals surface area contributed by atoms with Crippen LogP contribution in [0.4, 0.5) is 11.6 Å². The van der Waals surface area contributed by atoms with Crippen LogP contribution < -0.4 is 21.1 Å². The van der Waals surface area contributed by atoms with Crippen LogP contribution in [0.15, 0.2) is 60.7 Å². The van der Waals surface area contributed by atoms with E-state index < -0.39 is 6.04 Å². The molecule has 1 atom stereocenters. The molecular formula is C26H28N6O2. The topological polar surface area (TPSA) is 115 Å². The maximum atomic E-state index is 11.8. The first kappa shape index (κ1) is 23.1. The highest BCUT2D eigenvalue weighted by molar-refractivity contribution is 5.94. The predicted octanol–water partition coefficient (Wildman–Crippen LogP) is 4.30. The highest BCUT2D eigenvalue weighted by Gasteiger charge is 2.13. The Morgan fingerprint density at radius 1 is 1.00 bits per heavy atom. The SMILES string of the molecule is CCOc1nc(NCc2ccc(C)cc2)nc2ccc(-c3ccc(NC(=O)[C@H](C)N)cc3)nc12. The number of amides is 1. The average Bonchev–Trinajstić information content (AvgIpc) is 2.84. The Balaban J connectivity index is 1.58. The van der Waals surface area contributed by atoms with Gasteiger partial charge >= 0.3 is 0 Å². The van der Waals surface area contributed by atoms with Crippen LogP contribution in [0.25, 0.3) is 22.3 Å². The molecule has 0 aliphatic rings. The summed E-state index contributed by atoms with van der Waals surface area (Å²) in [5, 5.41) is 6.05. The van der Waals surface area contributed by atoms with Gasteiger partial charge in [-0.05, 0) is 50.6 Å². The largest absolute Gasteiger partial charge is 0.476 e. The Hall–Kier alpha value is -4.04. The van der Waals surface area contributed by atoms with Crippen LogP contribution in [-0.2, 0) is 11.3 Å². The van der Waals surface area contributed by atoms with Crippen molar-refractivity contribution in [3.63, 3.8) is 0 Å². The monoisotopic (exact) mass is 456 g/mol. The van der Waals surface area contributed by atoms with Gasteiger partial charge in [0.15, 0.2) is 5.52 Å². The minimum absolute atomic E-state index is 0.234. The molecule has 174 valence electrons. The molecule has 2 aromatic carbocycles. The van der Waals surface area contributed by atoms with E-state index in [-0.39, 0.29) is 5.91 Å². The number of benzene rings is 2. The molecule has 0 aliphatic carbocycles. The molecule has 34 heavy (non-hydrogen) atoms. The fourth-order valence-electron chi connectivity index (χ4n) is 3.33. The lowest BCUT2D eigenvalue weighted by atomic mass is 10.1. The van der Waals surface area contributed by atoms with Crippen molar-refractivity contribution < 1.29 is 9.53 Å². The van der Waals surface area contributed by atoms with Gasteiger partial charge in [-0.3, -0.25) is 4.79 Å². The molecule has 8 nitrogen and oxygen atoms in total.